The maximum atomic E-state index is 14.2. The van der Waals surface area contributed by atoms with Crippen LogP contribution in [0.15, 0.2) is 36.4 Å². The summed E-state index contributed by atoms with van der Waals surface area (Å²) in [7, 11) is 1.13. The van der Waals surface area contributed by atoms with E-state index in [4.69, 9.17) is 9.47 Å². The van der Waals surface area contributed by atoms with Gasteiger partial charge in [0.15, 0.2) is 5.75 Å². The summed E-state index contributed by atoms with van der Waals surface area (Å²) in [6.45, 7) is 3.83. The van der Waals surface area contributed by atoms with Gasteiger partial charge in [0.25, 0.3) is 0 Å². The molecule has 2 aromatic rings. The fourth-order valence-electron chi connectivity index (χ4n) is 5.57. The Kier molecular flexibility index (Phi) is 9.72. The van der Waals surface area contributed by atoms with Crippen molar-refractivity contribution in [3.05, 3.63) is 53.3 Å². The zero-order valence-corrected chi connectivity index (χ0v) is 24.5. The second kappa shape index (κ2) is 12.8. The van der Waals surface area contributed by atoms with E-state index in [-0.39, 0.29) is 38.0 Å². The molecule has 0 N–H and O–H groups in total. The number of amides is 3. The first kappa shape index (κ1) is 33.3. The molecule has 0 bridgehead atoms. The highest BCUT2D eigenvalue weighted by Crippen LogP contribution is 2.47. The van der Waals surface area contributed by atoms with Crippen molar-refractivity contribution >= 4 is 23.5 Å². The lowest BCUT2D eigenvalue weighted by Crippen LogP contribution is -2.40. The number of nitrogens with zero attached hydrogens (tertiary/aromatic N) is 3. The number of hydrogen-bond donors (Lipinski definition) is 0. The van der Waals surface area contributed by atoms with E-state index in [0.29, 0.717) is 12.0 Å². The molecule has 0 unspecified atom stereocenters. The minimum atomic E-state index is -5.39. The van der Waals surface area contributed by atoms with Crippen LogP contribution in [0.5, 0.6) is 5.75 Å². The van der Waals surface area contributed by atoms with Crippen LogP contribution in [0, 0.1) is 11.7 Å². The van der Waals surface area contributed by atoms with E-state index in [0.717, 1.165) is 73.2 Å². The summed E-state index contributed by atoms with van der Waals surface area (Å²) >= 11 is 0. The molecule has 7 nitrogen and oxygen atoms in total. The molecule has 0 radical (unpaired) electrons. The molecule has 1 saturated carbocycles. The third kappa shape index (κ3) is 7.56. The molecule has 1 aliphatic heterocycles. The monoisotopic (exact) mass is 633 g/mol. The summed E-state index contributed by atoms with van der Waals surface area (Å²) in [5, 5.41) is 0. The van der Waals surface area contributed by atoms with Crippen molar-refractivity contribution in [3.8, 4) is 5.75 Å². The largest absolute Gasteiger partial charge is 0.420 e. The van der Waals surface area contributed by atoms with Crippen LogP contribution in [0.2, 0.25) is 0 Å². The van der Waals surface area contributed by atoms with Crippen LogP contribution in [0.3, 0.4) is 0 Å². The van der Waals surface area contributed by atoms with Gasteiger partial charge in [-0.15, -0.1) is 0 Å². The standard InChI is InChI=1S/C30H34F7N3O4/c1-28(2,19-7-5-4-6-8-19)43-16-15-39-13-14-40(26(39)41)24-18-20(29(32,33)34)17-23(30(35,36)37)25(24)44-27(42)38(3)22-11-9-21(31)10-12-22/h9-12,17-19H,4-8,13-16H2,1-3H3. The summed E-state index contributed by atoms with van der Waals surface area (Å²) < 4.78 is 108. The third-order valence-electron chi connectivity index (χ3n) is 8.19. The summed E-state index contributed by atoms with van der Waals surface area (Å²) in [4.78, 5) is 29.0. The molecule has 4 rings (SSSR count). The molecule has 0 spiro atoms. The molecule has 3 amide bonds. The molecule has 44 heavy (non-hydrogen) atoms. The van der Waals surface area contributed by atoms with Crippen molar-refractivity contribution in [3.63, 3.8) is 0 Å². The topological polar surface area (TPSA) is 62.3 Å². The first-order valence-electron chi connectivity index (χ1n) is 14.2. The van der Waals surface area contributed by atoms with Crippen molar-refractivity contribution in [2.75, 3.05) is 43.1 Å². The molecule has 1 aliphatic carbocycles. The van der Waals surface area contributed by atoms with Gasteiger partial charge >= 0.3 is 24.5 Å². The van der Waals surface area contributed by atoms with Gasteiger partial charge in [0.1, 0.15) is 11.4 Å². The van der Waals surface area contributed by atoms with Gasteiger partial charge in [0.05, 0.1) is 23.5 Å². The summed E-state index contributed by atoms with van der Waals surface area (Å²) in [5.74, 6) is -1.56. The normalized spacial score (nSPS) is 16.9. The summed E-state index contributed by atoms with van der Waals surface area (Å²) in [6.07, 6.45) is -6.61. The van der Waals surface area contributed by atoms with E-state index in [1.165, 1.54) is 4.90 Å². The van der Waals surface area contributed by atoms with Crippen LogP contribution in [0.1, 0.15) is 57.1 Å². The number of urea groups is 1. The molecule has 0 aromatic heterocycles. The number of ether oxygens (including phenoxy) is 2. The molecule has 14 heteroatoms. The van der Waals surface area contributed by atoms with E-state index in [1.54, 1.807) is 0 Å². The highest BCUT2D eigenvalue weighted by molar-refractivity contribution is 5.97. The smallest absolute Gasteiger partial charge is 0.407 e. The Balaban J connectivity index is 1.61. The molecule has 2 aliphatic rings. The van der Waals surface area contributed by atoms with Crippen molar-refractivity contribution in [1.82, 2.24) is 4.90 Å². The number of carbonyl (C=O) groups is 2. The van der Waals surface area contributed by atoms with Crippen LogP contribution < -0.4 is 14.5 Å². The number of hydrogen-bond acceptors (Lipinski definition) is 4. The molecule has 1 saturated heterocycles. The zero-order chi connectivity index (χ0) is 32.4. The SMILES string of the molecule is CN(C(=O)Oc1c(N2CCN(CCOC(C)(C)C3CCCCC3)C2=O)cc(C(F)(F)F)cc1C(F)(F)F)c1ccc(F)cc1. The Morgan fingerprint density at radius 2 is 1.59 bits per heavy atom. The molecule has 2 aromatic carbocycles. The fraction of sp³-hybridized carbons (Fsp3) is 0.533. The van der Waals surface area contributed by atoms with Gasteiger partial charge in [0.2, 0.25) is 0 Å². The van der Waals surface area contributed by atoms with Gasteiger partial charge in [-0.2, -0.15) is 26.3 Å². The van der Waals surface area contributed by atoms with Gasteiger partial charge in [-0.25, -0.2) is 14.0 Å². The lowest BCUT2D eigenvalue weighted by molar-refractivity contribution is -0.143. The number of halogens is 7. The second-order valence-corrected chi connectivity index (χ2v) is 11.5. The van der Waals surface area contributed by atoms with Gasteiger partial charge in [0, 0.05) is 32.4 Å². The fourth-order valence-corrected chi connectivity index (χ4v) is 5.57. The van der Waals surface area contributed by atoms with Crippen molar-refractivity contribution in [2.24, 2.45) is 5.92 Å². The van der Waals surface area contributed by atoms with Crippen molar-refractivity contribution in [1.29, 1.82) is 0 Å². The minimum absolute atomic E-state index is 0.00742. The van der Waals surface area contributed by atoms with Crippen LogP contribution in [0.25, 0.3) is 0 Å². The Bertz CT molecular complexity index is 1340. The molecular weight excluding hydrogens is 599 g/mol. The minimum Gasteiger partial charge on any atom is -0.407 e. The van der Waals surface area contributed by atoms with Crippen molar-refractivity contribution in [2.45, 2.75) is 63.9 Å². The molecule has 2 fully saturated rings. The number of benzene rings is 2. The number of rotatable bonds is 8. The molecule has 1 heterocycles. The number of alkyl halides is 6. The average Bonchev–Trinajstić information content (AvgIpc) is 3.31. The highest BCUT2D eigenvalue weighted by Gasteiger charge is 2.44. The maximum absolute atomic E-state index is 14.2. The maximum Gasteiger partial charge on any atom is 0.420 e. The molecular formula is C30H34F7N3O4. The Morgan fingerprint density at radius 3 is 2.18 bits per heavy atom. The van der Waals surface area contributed by atoms with E-state index in [9.17, 15) is 40.3 Å². The van der Waals surface area contributed by atoms with Crippen molar-refractivity contribution < 1.29 is 49.8 Å². The predicted octanol–water partition coefficient (Wildman–Crippen LogP) is 8.12. The third-order valence-corrected chi connectivity index (χ3v) is 8.19. The average molecular weight is 634 g/mol. The highest BCUT2D eigenvalue weighted by atomic mass is 19.4. The van der Waals surface area contributed by atoms with Gasteiger partial charge in [-0.1, -0.05) is 19.3 Å². The van der Waals surface area contributed by atoms with Gasteiger partial charge in [-0.05, 0) is 69.0 Å². The Hall–Kier alpha value is -3.55. The van der Waals surface area contributed by atoms with E-state index >= 15 is 0 Å². The first-order chi connectivity index (χ1) is 20.5. The van der Waals surface area contributed by atoms with Gasteiger partial charge < -0.3 is 14.4 Å². The zero-order valence-electron chi connectivity index (χ0n) is 24.5. The predicted molar refractivity (Wildman–Crippen MR) is 148 cm³/mol. The second-order valence-electron chi connectivity index (χ2n) is 11.5. The van der Waals surface area contributed by atoms with Crippen LogP contribution >= 0.6 is 0 Å². The first-order valence-corrected chi connectivity index (χ1v) is 14.2. The van der Waals surface area contributed by atoms with Crippen LogP contribution in [-0.4, -0.2) is 55.9 Å². The molecule has 242 valence electrons. The van der Waals surface area contributed by atoms with E-state index in [1.807, 2.05) is 13.8 Å². The summed E-state index contributed by atoms with van der Waals surface area (Å²) in [5.41, 5.74) is -4.84. The lowest BCUT2D eigenvalue weighted by atomic mass is 9.79. The van der Waals surface area contributed by atoms with Crippen LogP contribution in [-0.2, 0) is 17.1 Å². The number of anilines is 2. The molecule has 0 atom stereocenters. The summed E-state index contributed by atoms with van der Waals surface area (Å²) in [6, 6.07) is 3.66. The Labute approximate surface area is 250 Å². The van der Waals surface area contributed by atoms with E-state index < -0.39 is 58.5 Å². The quantitative estimate of drug-likeness (QED) is 0.276. The number of carbonyl (C=O) groups excluding carboxylic acids is 2. The Morgan fingerprint density at radius 1 is 0.955 bits per heavy atom. The van der Waals surface area contributed by atoms with Crippen LogP contribution in [0.4, 0.5) is 51.7 Å². The van der Waals surface area contributed by atoms with E-state index in [2.05, 4.69) is 0 Å². The van der Waals surface area contributed by atoms with Gasteiger partial charge in [-0.3, -0.25) is 9.80 Å². The lowest BCUT2D eigenvalue weighted by Gasteiger charge is -2.37.